The van der Waals surface area contributed by atoms with Gasteiger partial charge in [0.1, 0.15) is 5.76 Å². The number of nitrogens with zero attached hydrogens (tertiary/aromatic N) is 1. The van der Waals surface area contributed by atoms with Crippen molar-refractivity contribution >= 4 is 11.6 Å². The van der Waals surface area contributed by atoms with Crippen molar-refractivity contribution in [3.63, 3.8) is 0 Å². The zero-order valence-electron chi connectivity index (χ0n) is 12.1. The van der Waals surface area contributed by atoms with Crippen molar-refractivity contribution in [2.45, 2.75) is 25.4 Å². The van der Waals surface area contributed by atoms with Crippen LogP contribution in [0.15, 0.2) is 47.1 Å². The van der Waals surface area contributed by atoms with Crippen LogP contribution in [0.3, 0.4) is 0 Å². The minimum atomic E-state index is 0.329. The molecule has 4 heteroatoms. The molecule has 2 heterocycles. The number of furan rings is 1. The first kappa shape index (κ1) is 14.6. The maximum atomic E-state index is 5.91. The Balaban J connectivity index is 1.58. The summed E-state index contributed by atoms with van der Waals surface area (Å²) in [6.45, 7) is 4.07. The molecule has 0 saturated carbocycles. The van der Waals surface area contributed by atoms with E-state index in [1.54, 1.807) is 6.26 Å². The smallest absolute Gasteiger partial charge is 0.122 e. The molecule has 0 aliphatic carbocycles. The number of halogens is 1. The van der Waals surface area contributed by atoms with Gasteiger partial charge in [-0.15, -0.1) is 0 Å². The molecule has 0 spiro atoms. The minimum Gasteiger partial charge on any atom is -0.468 e. The molecule has 21 heavy (non-hydrogen) atoms. The van der Waals surface area contributed by atoms with E-state index in [9.17, 15) is 0 Å². The lowest BCUT2D eigenvalue weighted by molar-refractivity contribution is 0.209. The lowest BCUT2D eigenvalue weighted by atomic mass is 10.1. The molecule has 1 aliphatic heterocycles. The van der Waals surface area contributed by atoms with E-state index in [0.29, 0.717) is 6.04 Å². The summed E-state index contributed by atoms with van der Waals surface area (Å²) in [5.74, 6) is 1.06. The van der Waals surface area contributed by atoms with Crippen LogP contribution < -0.4 is 5.32 Å². The van der Waals surface area contributed by atoms with Gasteiger partial charge in [-0.25, -0.2) is 0 Å². The highest BCUT2D eigenvalue weighted by Gasteiger charge is 2.24. The minimum absolute atomic E-state index is 0.329. The second-order valence-electron chi connectivity index (χ2n) is 5.53. The predicted octanol–water partition coefficient (Wildman–Crippen LogP) is 3.86. The van der Waals surface area contributed by atoms with Gasteiger partial charge in [0.2, 0.25) is 0 Å². The van der Waals surface area contributed by atoms with Gasteiger partial charge in [-0.2, -0.15) is 0 Å². The molecule has 1 fully saturated rings. The molecule has 112 valence electrons. The van der Waals surface area contributed by atoms with E-state index >= 15 is 0 Å². The summed E-state index contributed by atoms with van der Waals surface area (Å²) < 4.78 is 5.63. The van der Waals surface area contributed by atoms with Gasteiger partial charge in [-0.1, -0.05) is 23.7 Å². The second kappa shape index (κ2) is 7.12. The molecule has 1 N–H and O–H groups in total. The number of nitrogens with one attached hydrogen (secondary N) is 1. The van der Waals surface area contributed by atoms with Crippen LogP contribution in [-0.4, -0.2) is 24.5 Å². The molecule has 1 aliphatic rings. The van der Waals surface area contributed by atoms with Crippen LogP contribution in [0.2, 0.25) is 5.02 Å². The van der Waals surface area contributed by atoms with Gasteiger partial charge >= 0.3 is 0 Å². The fraction of sp³-hybridized carbons (Fsp3) is 0.412. The van der Waals surface area contributed by atoms with Crippen LogP contribution >= 0.6 is 11.6 Å². The fourth-order valence-corrected chi connectivity index (χ4v) is 3.03. The van der Waals surface area contributed by atoms with E-state index < -0.39 is 0 Å². The van der Waals surface area contributed by atoms with Crippen LogP contribution in [0.4, 0.5) is 0 Å². The highest BCUT2D eigenvalue weighted by Crippen LogP contribution is 2.25. The zero-order valence-corrected chi connectivity index (χ0v) is 12.9. The van der Waals surface area contributed by atoms with Crippen LogP contribution in [0.5, 0.6) is 0 Å². The van der Waals surface area contributed by atoms with Crippen molar-refractivity contribution in [3.8, 4) is 0 Å². The van der Waals surface area contributed by atoms with Gasteiger partial charge in [0, 0.05) is 18.1 Å². The molecule has 1 aromatic carbocycles. The lowest BCUT2D eigenvalue weighted by Gasteiger charge is -2.26. The van der Waals surface area contributed by atoms with Gasteiger partial charge in [-0.3, -0.25) is 4.90 Å². The monoisotopic (exact) mass is 304 g/mol. The van der Waals surface area contributed by atoms with Gasteiger partial charge in [0.25, 0.3) is 0 Å². The Morgan fingerprint density at radius 3 is 2.57 bits per heavy atom. The van der Waals surface area contributed by atoms with Crippen molar-refractivity contribution in [1.82, 2.24) is 10.2 Å². The maximum absolute atomic E-state index is 5.91. The van der Waals surface area contributed by atoms with E-state index in [4.69, 9.17) is 16.0 Å². The molecular formula is C17H21ClN2O. The number of benzene rings is 1. The molecule has 1 saturated heterocycles. The average Bonchev–Trinajstić information content (AvgIpc) is 3.19. The second-order valence-corrected chi connectivity index (χ2v) is 5.97. The summed E-state index contributed by atoms with van der Waals surface area (Å²) in [4.78, 5) is 2.51. The molecule has 0 bridgehead atoms. The Hall–Kier alpha value is -1.29. The van der Waals surface area contributed by atoms with E-state index in [1.807, 2.05) is 18.2 Å². The molecule has 1 aromatic heterocycles. The molecule has 1 atom stereocenters. The lowest BCUT2D eigenvalue weighted by Crippen LogP contribution is -2.33. The Kier molecular flexibility index (Phi) is 4.96. The first-order chi connectivity index (χ1) is 10.3. The molecule has 0 amide bonds. The highest BCUT2D eigenvalue weighted by atomic mass is 35.5. The van der Waals surface area contributed by atoms with Crippen LogP contribution in [0.1, 0.15) is 30.2 Å². The molecule has 1 unspecified atom stereocenters. The third-order valence-corrected chi connectivity index (χ3v) is 4.29. The standard InChI is InChI=1S/C17H21ClN2O/c18-15-7-5-14(6-8-15)12-19-13-16(17-4-3-11-21-17)20-9-1-2-10-20/h3-8,11,16,19H,1-2,9-10,12-13H2. The predicted molar refractivity (Wildman–Crippen MR) is 85.4 cm³/mol. The van der Waals surface area contributed by atoms with Crippen molar-refractivity contribution in [1.29, 1.82) is 0 Å². The molecule has 3 nitrogen and oxygen atoms in total. The third-order valence-electron chi connectivity index (χ3n) is 4.03. The summed E-state index contributed by atoms with van der Waals surface area (Å²) in [6.07, 6.45) is 4.33. The normalized spacial score (nSPS) is 17.2. The zero-order chi connectivity index (χ0) is 14.5. The number of likely N-dealkylation sites (tertiary alicyclic amines) is 1. The van der Waals surface area contributed by atoms with Crippen molar-refractivity contribution in [2.75, 3.05) is 19.6 Å². The van der Waals surface area contributed by atoms with Crippen molar-refractivity contribution in [2.24, 2.45) is 0 Å². The molecule has 0 radical (unpaired) electrons. The van der Waals surface area contributed by atoms with Gasteiger partial charge in [-0.05, 0) is 55.8 Å². The summed E-state index contributed by atoms with van der Waals surface area (Å²) >= 11 is 5.91. The topological polar surface area (TPSA) is 28.4 Å². The highest BCUT2D eigenvalue weighted by molar-refractivity contribution is 6.30. The molecule has 3 rings (SSSR count). The maximum Gasteiger partial charge on any atom is 0.122 e. The summed E-state index contributed by atoms with van der Waals surface area (Å²) in [7, 11) is 0. The van der Waals surface area contributed by atoms with Gasteiger partial charge < -0.3 is 9.73 Å². The number of hydrogen-bond donors (Lipinski definition) is 1. The first-order valence-corrected chi connectivity index (χ1v) is 7.93. The molecule has 2 aromatic rings. The van der Waals surface area contributed by atoms with Crippen molar-refractivity contribution < 1.29 is 4.42 Å². The largest absolute Gasteiger partial charge is 0.468 e. The number of hydrogen-bond acceptors (Lipinski definition) is 3. The fourth-order valence-electron chi connectivity index (χ4n) is 2.90. The van der Waals surface area contributed by atoms with E-state index in [1.165, 1.54) is 18.4 Å². The summed E-state index contributed by atoms with van der Waals surface area (Å²) in [6, 6.07) is 12.4. The molecular weight excluding hydrogens is 284 g/mol. The Bertz CT molecular complexity index is 532. The Morgan fingerprint density at radius 2 is 1.90 bits per heavy atom. The Labute approximate surface area is 130 Å². The van der Waals surface area contributed by atoms with Crippen LogP contribution in [0.25, 0.3) is 0 Å². The average molecular weight is 305 g/mol. The van der Waals surface area contributed by atoms with Crippen molar-refractivity contribution in [3.05, 3.63) is 59.0 Å². The Morgan fingerprint density at radius 1 is 1.14 bits per heavy atom. The quantitative estimate of drug-likeness (QED) is 0.878. The van der Waals surface area contributed by atoms with E-state index in [-0.39, 0.29) is 0 Å². The van der Waals surface area contributed by atoms with Crippen LogP contribution in [-0.2, 0) is 6.54 Å². The van der Waals surface area contributed by atoms with E-state index in [2.05, 4.69) is 28.4 Å². The van der Waals surface area contributed by atoms with Gasteiger partial charge in [0.15, 0.2) is 0 Å². The van der Waals surface area contributed by atoms with Gasteiger partial charge in [0.05, 0.1) is 12.3 Å². The van der Waals surface area contributed by atoms with Crippen LogP contribution in [0, 0.1) is 0 Å². The van der Waals surface area contributed by atoms with E-state index in [0.717, 1.165) is 37.0 Å². The number of rotatable bonds is 6. The third kappa shape index (κ3) is 3.88. The summed E-state index contributed by atoms with van der Waals surface area (Å²) in [5.41, 5.74) is 1.25. The first-order valence-electron chi connectivity index (χ1n) is 7.55. The SMILES string of the molecule is Clc1ccc(CNCC(c2ccco2)N2CCCC2)cc1. The summed E-state index contributed by atoms with van der Waals surface area (Å²) in [5, 5.41) is 4.32.